The van der Waals surface area contributed by atoms with Gasteiger partial charge in [-0.25, -0.2) is 0 Å². The van der Waals surface area contributed by atoms with Gasteiger partial charge in [-0.2, -0.15) is 0 Å². The van der Waals surface area contributed by atoms with Crippen molar-refractivity contribution in [3.8, 4) is 5.75 Å². The number of furan rings is 1. The second kappa shape index (κ2) is 8.01. The minimum Gasteiger partial charge on any atom is -0.496 e. The van der Waals surface area contributed by atoms with Crippen molar-refractivity contribution >= 4 is 27.7 Å². The number of amides is 2. The van der Waals surface area contributed by atoms with Crippen LogP contribution in [-0.2, 0) is 4.79 Å². The number of methoxy groups -OCH3 is 1. The first-order valence-electron chi connectivity index (χ1n) is 7.38. The molecule has 0 unspecified atom stereocenters. The molecule has 6 nitrogen and oxygen atoms in total. The van der Waals surface area contributed by atoms with Gasteiger partial charge in [-0.05, 0) is 48.0 Å². The van der Waals surface area contributed by atoms with Crippen molar-refractivity contribution in [3.05, 3.63) is 51.9 Å². The van der Waals surface area contributed by atoms with Crippen molar-refractivity contribution < 1.29 is 18.7 Å². The molecule has 7 heteroatoms. The third-order valence-corrected chi connectivity index (χ3v) is 3.86. The Morgan fingerprint density at radius 2 is 2.04 bits per heavy atom. The number of hydrogen-bond donors (Lipinski definition) is 2. The largest absolute Gasteiger partial charge is 0.496 e. The number of halogens is 1. The first-order valence-corrected chi connectivity index (χ1v) is 8.17. The Kier molecular flexibility index (Phi) is 6.03. The van der Waals surface area contributed by atoms with Crippen LogP contribution in [0.25, 0.3) is 0 Å². The third-order valence-electron chi connectivity index (χ3n) is 3.44. The monoisotopic (exact) mass is 394 g/mol. The summed E-state index contributed by atoms with van der Waals surface area (Å²) < 4.78 is 10.9. The molecule has 1 aromatic heterocycles. The highest BCUT2D eigenvalue weighted by atomic mass is 79.9. The van der Waals surface area contributed by atoms with Gasteiger partial charge in [-0.3, -0.25) is 9.59 Å². The lowest BCUT2D eigenvalue weighted by Gasteiger charge is -2.18. The Balaban J connectivity index is 1.92. The zero-order valence-electron chi connectivity index (χ0n) is 13.7. The highest BCUT2D eigenvalue weighted by Gasteiger charge is 2.16. The number of rotatable bonds is 6. The van der Waals surface area contributed by atoms with E-state index in [1.165, 1.54) is 6.07 Å². The second-order valence-corrected chi connectivity index (χ2v) is 6.10. The maximum absolute atomic E-state index is 12.0. The van der Waals surface area contributed by atoms with Crippen LogP contribution in [0.3, 0.4) is 0 Å². The predicted octanol–water partition coefficient (Wildman–Crippen LogP) is 2.97. The van der Waals surface area contributed by atoms with Gasteiger partial charge in [0.1, 0.15) is 5.75 Å². The number of nitrogens with one attached hydrogen (secondary N) is 2. The molecule has 128 valence electrons. The lowest BCUT2D eigenvalue weighted by atomic mass is 10.0. The van der Waals surface area contributed by atoms with Crippen molar-refractivity contribution in [3.63, 3.8) is 0 Å². The Bertz CT molecular complexity index is 742. The van der Waals surface area contributed by atoms with Crippen LogP contribution in [0.1, 0.15) is 34.6 Å². The summed E-state index contributed by atoms with van der Waals surface area (Å²) in [5.74, 6) is 0.0996. The summed E-state index contributed by atoms with van der Waals surface area (Å²) in [6.07, 6.45) is 0. The molecule has 24 heavy (non-hydrogen) atoms. The van der Waals surface area contributed by atoms with E-state index in [2.05, 4.69) is 26.6 Å². The molecule has 1 atom stereocenters. The smallest absolute Gasteiger partial charge is 0.287 e. The van der Waals surface area contributed by atoms with Crippen LogP contribution in [0.2, 0.25) is 0 Å². The second-order valence-electron chi connectivity index (χ2n) is 5.32. The molecule has 0 saturated heterocycles. The average molecular weight is 395 g/mol. The van der Waals surface area contributed by atoms with Crippen LogP contribution >= 0.6 is 15.9 Å². The van der Waals surface area contributed by atoms with E-state index in [4.69, 9.17) is 9.15 Å². The Morgan fingerprint density at radius 1 is 1.29 bits per heavy atom. The topological polar surface area (TPSA) is 80.6 Å². The number of benzene rings is 1. The van der Waals surface area contributed by atoms with Gasteiger partial charge in [0, 0.05) is 5.56 Å². The molecule has 0 aliphatic heterocycles. The van der Waals surface area contributed by atoms with Crippen molar-refractivity contribution in [1.82, 2.24) is 10.6 Å². The third kappa shape index (κ3) is 4.61. The highest BCUT2D eigenvalue weighted by molar-refractivity contribution is 9.10. The molecule has 0 spiro atoms. The van der Waals surface area contributed by atoms with Crippen molar-refractivity contribution in [2.24, 2.45) is 0 Å². The molecule has 2 N–H and O–H groups in total. The van der Waals surface area contributed by atoms with E-state index < -0.39 is 5.91 Å². The molecule has 0 bridgehead atoms. The van der Waals surface area contributed by atoms with Gasteiger partial charge in [0.25, 0.3) is 5.91 Å². The molecule has 2 rings (SSSR count). The maximum atomic E-state index is 12.0. The van der Waals surface area contributed by atoms with E-state index in [1.54, 1.807) is 13.2 Å². The van der Waals surface area contributed by atoms with E-state index in [0.717, 1.165) is 11.1 Å². The first-order chi connectivity index (χ1) is 11.4. The molecule has 1 heterocycles. The van der Waals surface area contributed by atoms with Gasteiger partial charge in [-0.15, -0.1) is 0 Å². The summed E-state index contributed by atoms with van der Waals surface area (Å²) >= 11 is 3.12. The number of carbonyl (C=O) groups is 2. The van der Waals surface area contributed by atoms with Crippen LogP contribution in [0, 0.1) is 6.92 Å². The molecule has 0 radical (unpaired) electrons. The first kappa shape index (κ1) is 18.1. The quantitative estimate of drug-likeness (QED) is 0.788. The lowest BCUT2D eigenvalue weighted by molar-refractivity contribution is -0.120. The van der Waals surface area contributed by atoms with Crippen molar-refractivity contribution in [2.75, 3.05) is 13.7 Å². The molecule has 1 aromatic carbocycles. The molecular weight excluding hydrogens is 376 g/mol. The number of hydrogen-bond acceptors (Lipinski definition) is 4. The number of aryl methyl sites for hydroxylation is 1. The van der Waals surface area contributed by atoms with Gasteiger partial charge in [0.15, 0.2) is 10.4 Å². The summed E-state index contributed by atoms with van der Waals surface area (Å²) in [6.45, 7) is 3.69. The summed E-state index contributed by atoms with van der Waals surface area (Å²) in [5.41, 5.74) is 1.95. The molecule has 0 aliphatic carbocycles. The summed E-state index contributed by atoms with van der Waals surface area (Å²) in [7, 11) is 1.59. The molecule has 2 amide bonds. The summed E-state index contributed by atoms with van der Waals surface area (Å²) in [4.78, 5) is 23.9. The Hall–Kier alpha value is -2.28. The van der Waals surface area contributed by atoms with Crippen LogP contribution < -0.4 is 15.4 Å². The molecular formula is C17H19BrN2O4. The Labute approximate surface area is 148 Å². The van der Waals surface area contributed by atoms with Crippen molar-refractivity contribution in [2.45, 2.75) is 19.9 Å². The average Bonchev–Trinajstić information content (AvgIpc) is 2.99. The molecule has 0 aliphatic rings. The van der Waals surface area contributed by atoms with Crippen LogP contribution in [0.15, 0.2) is 39.4 Å². The van der Waals surface area contributed by atoms with E-state index in [1.807, 2.05) is 32.0 Å². The summed E-state index contributed by atoms with van der Waals surface area (Å²) in [5, 5.41) is 5.35. The minimum absolute atomic E-state index is 0.142. The summed E-state index contributed by atoms with van der Waals surface area (Å²) in [6, 6.07) is 8.66. The van der Waals surface area contributed by atoms with E-state index in [9.17, 15) is 9.59 Å². The van der Waals surface area contributed by atoms with Gasteiger partial charge in [0.2, 0.25) is 5.91 Å². The van der Waals surface area contributed by atoms with Gasteiger partial charge in [-0.1, -0.05) is 17.7 Å². The number of ether oxygens (including phenoxy) is 1. The fraction of sp³-hybridized carbons (Fsp3) is 0.294. The zero-order valence-corrected chi connectivity index (χ0v) is 15.3. The van der Waals surface area contributed by atoms with Gasteiger partial charge >= 0.3 is 0 Å². The normalized spacial score (nSPS) is 11.7. The van der Waals surface area contributed by atoms with Crippen molar-refractivity contribution in [1.29, 1.82) is 0 Å². The SMILES string of the molecule is COc1ccc(C)cc1[C@@H](C)NC(=O)CNC(=O)c1ccc(Br)o1. The predicted molar refractivity (Wildman–Crippen MR) is 93.0 cm³/mol. The fourth-order valence-corrected chi connectivity index (χ4v) is 2.55. The van der Waals surface area contributed by atoms with Crippen LogP contribution in [0.5, 0.6) is 5.75 Å². The fourth-order valence-electron chi connectivity index (χ4n) is 2.25. The zero-order chi connectivity index (χ0) is 17.7. The van der Waals surface area contributed by atoms with E-state index >= 15 is 0 Å². The van der Waals surface area contributed by atoms with Crippen LogP contribution in [-0.4, -0.2) is 25.5 Å². The van der Waals surface area contributed by atoms with Crippen LogP contribution in [0.4, 0.5) is 0 Å². The maximum Gasteiger partial charge on any atom is 0.287 e. The highest BCUT2D eigenvalue weighted by Crippen LogP contribution is 2.25. The molecule has 2 aromatic rings. The van der Waals surface area contributed by atoms with Gasteiger partial charge in [0.05, 0.1) is 19.7 Å². The number of carbonyl (C=O) groups excluding carboxylic acids is 2. The van der Waals surface area contributed by atoms with E-state index in [-0.39, 0.29) is 24.3 Å². The Morgan fingerprint density at radius 3 is 2.67 bits per heavy atom. The molecule has 0 saturated carbocycles. The van der Waals surface area contributed by atoms with Gasteiger partial charge < -0.3 is 19.8 Å². The molecule has 0 fully saturated rings. The lowest BCUT2D eigenvalue weighted by Crippen LogP contribution is -2.38. The van der Waals surface area contributed by atoms with E-state index in [0.29, 0.717) is 10.4 Å². The standard InChI is InChI=1S/C17H19BrN2O4/c1-10-4-5-13(23-3)12(8-10)11(2)20-16(21)9-19-17(22)14-6-7-15(18)24-14/h4-8,11H,9H2,1-3H3,(H,19,22)(H,20,21)/t11-/m1/s1. The minimum atomic E-state index is -0.448.